The van der Waals surface area contributed by atoms with Crippen molar-refractivity contribution < 1.29 is 34.4 Å². The van der Waals surface area contributed by atoms with Gasteiger partial charge in [0.1, 0.15) is 17.1 Å². The number of benzene rings is 2. The van der Waals surface area contributed by atoms with Crippen molar-refractivity contribution in [2.24, 2.45) is 10.8 Å². The molecule has 4 nitrogen and oxygen atoms in total. The number of rotatable bonds is 9. The number of pyridine rings is 1. The number of aliphatic hydroxyl groups excluding tert-OH is 1. The summed E-state index contributed by atoms with van der Waals surface area (Å²) in [5.74, 6) is 1.17. The van der Waals surface area contributed by atoms with Crippen molar-refractivity contribution in [2.45, 2.75) is 93.4 Å². The molecule has 0 bridgehead atoms. The zero-order valence-electron chi connectivity index (χ0n) is 30.7. The van der Waals surface area contributed by atoms with E-state index in [1.54, 1.807) is 11.3 Å². The minimum atomic E-state index is -0.337. The Kier molecular flexibility index (Phi) is 12.2. The van der Waals surface area contributed by atoms with Gasteiger partial charge >= 0.3 is 0 Å². The molecule has 2 aromatic carbocycles. The summed E-state index contributed by atoms with van der Waals surface area (Å²) < 4.78 is 7.30. The smallest absolute Gasteiger partial charge is 0.164 e. The standard InChI is InChI=1S/C29H20NOS.C15H28O2.Ir/c1-29(2,3)23-15-20(14-18-8-4-6-10-21(18)23)28-22-17-27(32-26(22)12-13-30-28)25-16-19-9-5-7-11-24(19)31-25;1-7-14(5,8-2)12(16)11-13(17)15(6,9-3)10-4;/h5-7,9-13,15-17H,1-3H3;11,16H,7-10H2,1-6H3;/q-1;;/b;12-11-;. The Balaban J connectivity index is 0.000000269. The van der Waals surface area contributed by atoms with Crippen molar-refractivity contribution in [3.05, 3.63) is 100 Å². The fraction of sp³-hybridized carbons (Fsp3) is 0.364. The Labute approximate surface area is 314 Å². The molecule has 0 saturated carbocycles. The molecule has 0 amide bonds. The van der Waals surface area contributed by atoms with E-state index in [-0.39, 0.29) is 47.9 Å². The number of ketones is 1. The second kappa shape index (κ2) is 15.6. The van der Waals surface area contributed by atoms with Crippen LogP contribution in [0.15, 0.2) is 82.8 Å². The molecule has 0 aliphatic heterocycles. The van der Waals surface area contributed by atoms with E-state index in [9.17, 15) is 9.90 Å². The molecule has 0 unspecified atom stereocenters. The number of thiophene rings is 1. The molecular formula is C44H48IrNO3S-. The topological polar surface area (TPSA) is 63.3 Å². The first kappa shape index (κ1) is 39.0. The Morgan fingerprint density at radius 3 is 2.28 bits per heavy atom. The number of aromatic nitrogens is 1. The van der Waals surface area contributed by atoms with Crippen molar-refractivity contribution in [2.75, 3.05) is 0 Å². The first-order chi connectivity index (χ1) is 23.3. The second-order valence-electron chi connectivity index (χ2n) is 14.5. The third-order valence-electron chi connectivity index (χ3n) is 10.4. The van der Waals surface area contributed by atoms with Crippen LogP contribution in [-0.2, 0) is 30.3 Å². The van der Waals surface area contributed by atoms with E-state index in [0.29, 0.717) is 0 Å². The van der Waals surface area contributed by atoms with E-state index in [4.69, 9.17) is 9.40 Å². The van der Waals surface area contributed by atoms with Gasteiger partial charge in [0.25, 0.3) is 0 Å². The fourth-order valence-corrected chi connectivity index (χ4v) is 6.95. The predicted molar refractivity (Wildman–Crippen MR) is 206 cm³/mol. The summed E-state index contributed by atoms with van der Waals surface area (Å²) in [5.41, 5.74) is 9.80. The minimum Gasteiger partial charge on any atom is -0.512 e. The molecule has 3 heterocycles. The van der Waals surface area contributed by atoms with E-state index >= 15 is 0 Å². The normalized spacial score (nSPS) is 12.9. The average molecular weight is 863 g/mol. The number of allylic oxidation sites excluding steroid dienone is 3. The molecular weight excluding hydrogens is 815 g/mol. The van der Waals surface area contributed by atoms with E-state index in [1.165, 1.54) is 21.6 Å². The van der Waals surface area contributed by atoms with Crippen LogP contribution in [-0.4, -0.2) is 15.9 Å². The minimum absolute atomic E-state index is 0. The summed E-state index contributed by atoms with van der Waals surface area (Å²) in [4.78, 5) is 18.1. The van der Waals surface area contributed by atoms with Gasteiger partial charge in [0, 0.05) is 59.0 Å². The van der Waals surface area contributed by atoms with Crippen molar-refractivity contribution in [3.63, 3.8) is 0 Å². The number of furan rings is 1. The largest absolute Gasteiger partial charge is 0.512 e. The van der Waals surface area contributed by atoms with Crippen LogP contribution < -0.4 is 10.4 Å². The monoisotopic (exact) mass is 863 g/mol. The summed E-state index contributed by atoms with van der Waals surface area (Å²) in [5, 5.41) is 14.5. The molecule has 0 atom stereocenters. The van der Waals surface area contributed by atoms with Crippen molar-refractivity contribution >= 4 is 50.0 Å². The second-order valence-corrected chi connectivity index (χ2v) is 15.6. The van der Waals surface area contributed by atoms with Gasteiger partial charge in [-0.3, -0.25) is 9.78 Å². The molecule has 6 heteroatoms. The van der Waals surface area contributed by atoms with Gasteiger partial charge in [-0.2, -0.15) is 5.73 Å². The van der Waals surface area contributed by atoms with E-state index in [0.717, 1.165) is 69.2 Å². The number of hydrogen-bond acceptors (Lipinski definition) is 5. The van der Waals surface area contributed by atoms with Crippen LogP contribution in [0.2, 0.25) is 0 Å². The SMILES string of the molecule is CC(C)(C)c1cc(-c2nccc3sc(-c4cc5ccccc5o4)cc23)[c-]c2c1=CC=C=C=2.CCC(C)(CC)C(=O)/C=C(\O)C(C)(CC)CC.[Ir]. The Hall–Kier alpha value is -3.75. The Morgan fingerprint density at radius 1 is 0.960 bits per heavy atom. The summed E-state index contributed by atoms with van der Waals surface area (Å²) in [6.45, 7) is 18.8. The predicted octanol–water partition coefficient (Wildman–Crippen LogP) is 11.0. The molecule has 5 aromatic rings. The van der Waals surface area contributed by atoms with Gasteiger partial charge < -0.3 is 9.52 Å². The maximum absolute atomic E-state index is 12.2. The van der Waals surface area contributed by atoms with Crippen LogP contribution in [0.5, 0.6) is 0 Å². The fourth-order valence-electron chi connectivity index (χ4n) is 5.94. The first-order valence-corrected chi connectivity index (χ1v) is 18.2. The van der Waals surface area contributed by atoms with Crippen LogP contribution in [0.4, 0.5) is 0 Å². The maximum Gasteiger partial charge on any atom is 0.164 e. The average Bonchev–Trinajstić information content (AvgIpc) is 3.75. The zero-order valence-corrected chi connectivity index (χ0v) is 33.9. The van der Waals surface area contributed by atoms with Gasteiger partial charge in [0.15, 0.2) is 5.78 Å². The van der Waals surface area contributed by atoms with Crippen LogP contribution in [0, 0.1) is 16.9 Å². The van der Waals surface area contributed by atoms with Gasteiger partial charge in [0.05, 0.1) is 4.88 Å². The van der Waals surface area contributed by atoms with Gasteiger partial charge in [-0.05, 0) is 66.8 Å². The molecule has 3 aromatic heterocycles. The summed E-state index contributed by atoms with van der Waals surface area (Å²) in [6.07, 6.45) is 10.7. The maximum atomic E-state index is 12.2. The summed E-state index contributed by atoms with van der Waals surface area (Å²) in [6, 6.07) is 20.3. The van der Waals surface area contributed by atoms with Gasteiger partial charge in [-0.15, -0.1) is 34.8 Å². The number of carbonyl (C=O) groups is 1. The van der Waals surface area contributed by atoms with Crippen molar-refractivity contribution in [1.82, 2.24) is 4.98 Å². The van der Waals surface area contributed by atoms with E-state index in [2.05, 4.69) is 74.7 Å². The van der Waals surface area contributed by atoms with E-state index < -0.39 is 0 Å². The third kappa shape index (κ3) is 7.92. The van der Waals surface area contributed by atoms with Gasteiger partial charge in [-0.1, -0.05) is 103 Å². The number of fused-ring (bicyclic) bond motifs is 3. The van der Waals surface area contributed by atoms with Gasteiger partial charge in [0.2, 0.25) is 0 Å². The molecule has 50 heavy (non-hydrogen) atoms. The number of carbonyl (C=O) groups excluding carboxylic acids is 1. The van der Waals surface area contributed by atoms with Crippen LogP contribution >= 0.6 is 11.3 Å². The van der Waals surface area contributed by atoms with Crippen molar-refractivity contribution in [1.29, 1.82) is 0 Å². The summed E-state index contributed by atoms with van der Waals surface area (Å²) >= 11 is 1.73. The molecule has 6 rings (SSSR count). The zero-order chi connectivity index (χ0) is 35.6. The first-order valence-electron chi connectivity index (χ1n) is 17.4. The molecule has 1 aliphatic rings. The van der Waals surface area contributed by atoms with Crippen LogP contribution in [0.25, 0.3) is 54.8 Å². The number of hydrogen-bond donors (Lipinski definition) is 1. The number of para-hydroxylation sites is 1. The number of aliphatic hydroxyl groups is 1. The Bertz CT molecular complexity index is 2210. The molecule has 0 saturated heterocycles. The molecule has 1 N–H and O–H groups in total. The quantitative estimate of drug-likeness (QED) is 0.0694. The van der Waals surface area contributed by atoms with Crippen LogP contribution in [0.3, 0.4) is 0 Å². The third-order valence-corrected chi connectivity index (χ3v) is 11.5. The summed E-state index contributed by atoms with van der Waals surface area (Å²) in [7, 11) is 0. The molecule has 1 aliphatic carbocycles. The van der Waals surface area contributed by atoms with Gasteiger partial charge in [-0.25, -0.2) is 0 Å². The number of nitrogens with zero attached hydrogens (tertiary/aromatic N) is 1. The Morgan fingerprint density at radius 2 is 1.64 bits per heavy atom. The molecule has 1 radical (unpaired) electrons. The van der Waals surface area contributed by atoms with Crippen LogP contribution in [0.1, 0.15) is 93.6 Å². The molecule has 263 valence electrons. The van der Waals surface area contributed by atoms with E-state index in [1.807, 2.05) is 72.0 Å². The van der Waals surface area contributed by atoms with Crippen molar-refractivity contribution in [3.8, 4) is 21.9 Å². The molecule has 0 spiro atoms. The molecule has 0 fully saturated rings.